The maximum absolute atomic E-state index is 12.8. The molecule has 3 rings (SSSR count). The predicted molar refractivity (Wildman–Crippen MR) is 81.5 cm³/mol. The molecule has 2 heterocycles. The lowest BCUT2D eigenvalue weighted by Crippen LogP contribution is -2.22. The molecule has 5 heteroatoms. The molecule has 0 fully saturated rings. The number of nitriles is 1. The lowest BCUT2D eigenvalue weighted by Gasteiger charge is -2.10. The van der Waals surface area contributed by atoms with Crippen LogP contribution in [0.25, 0.3) is 16.8 Å². The summed E-state index contributed by atoms with van der Waals surface area (Å²) in [6.45, 7) is 6.04. The van der Waals surface area contributed by atoms with Crippen molar-refractivity contribution in [3.63, 3.8) is 0 Å². The van der Waals surface area contributed by atoms with Crippen molar-refractivity contribution in [2.75, 3.05) is 0 Å². The van der Waals surface area contributed by atoms with E-state index in [1.165, 1.54) is 0 Å². The molecule has 106 valence electrons. The van der Waals surface area contributed by atoms with Crippen molar-refractivity contribution in [3.05, 3.63) is 45.4 Å². The van der Waals surface area contributed by atoms with Crippen molar-refractivity contribution in [3.8, 4) is 6.07 Å². The van der Waals surface area contributed by atoms with E-state index in [0.717, 1.165) is 22.3 Å². The number of hydrogen-bond donors (Lipinski definition) is 1. The Morgan fingerprint density at radius 1 is 1.43 bits per heavy atom. The minimum Gasteiger partial charge on any atom is -0.323 e. The van der Waals surface area contributed by atoms with Crippen LogP contribution in [0.4, 0.5) is 0 Å². The molecule has 0 aliphatic rings. The normalized spacial score (nSPS) is 11.4. The van der Waals surface area contributed by atoms with Gasteiger partial charge in [0.05, 0.1) is 28.4 Å². The highest BCUT2D eigenvalue weighted by molar-refractivity contribution is 5.80. The van der Waals surface area contributed by atoms with E-state index in [-0.39, 0.29) is 11.5 Å². The van der Waals surface area contributed by atoms with Crippen LogP contribution in [0.1, 0.15) is 43.5 Å². The quantitative estimate of drug-likeness (QED) is 0.784. The van der Waals surface area contributed by atoms with E-state index in [1.54, 1.807) is 22.6 Å². The van der Waals surface area contributed by atoms with E-state index in [2.05, 4.69) is 16.0 Å². The summed E-state index contributed by atoms with van der Waals surface area (Å²) in [6, 6.07) is 7.34. The van der Waals surface area contributed by atoms with Crippen molar-refractivity contribution in [1.29, 1.82) is 5.26 Å². The predicted octanol–water partition coefficient (Wildman–Crippen LogP) is 2.73. The Kier molecular flexibility index (Phi) is 3.02. The molecule has 0 spiro atoms. The first-order valence-electron chi connectivity index (χ1n) is 7.04. The zero-order valence-electron chi connectivity index (χ0n) is 12.3. The lowest BCUT2D eigenvalue weighted by atomic mass is 10.0. The number of imidazole rings is 1. The number of hydrogen-bond acceptors (Lipinski definition) is 3. The number of aromatic nitrogens is 3. The molecule has 0 amide bonds. The molecule has 0 saturated heterocycles. The largest absolute Gasteiger partial charge is 0.323 e. The second kappa shape index (κ2) is 4.74. The average molecular weight is 280 g/mol. The van der Waals surface area contributed by atoms with E-state index in [0.29, 0.717) is 17.8 Å². The molecule has 3 aromatic rings. The highest BCUT2D eigenvalue weighted by Crippen LogP contribution is 2.20. The van der Waals surface area contributed by atoms with Gasteiger partial charge in [-0.2, -0.15) is 5.26 Å². The molecule has 1 N–H and O–H groups in total. The molecular weight excluding hydrogens is 264 g/mol. The molecule has 0 atom stereocenters. The van der Waals surface area contributed by atoms with Crippen molar-refractivity contribution in [2.45, 2.75) is 33.1 Å². The topological polar surface area (TPSA) is 73.9 Å². The van der Waals surface area contributed by atoms with Gasteiger partial charge in [-0.1, -0.05) is 20.8 Å². The Morgan fingerprint density at radius 2 is 2.19 bits per heavy atom. The van der Waals surface area contributed by atoms with Crippen molar-refractivity contribution >= 4 is 16.8 Å². The molecule has 0 aliphatic heterocycles. The minimum atomic E-state index is -0.0258. The number of H-pyrrole nitrogens is 1. The Bertz CT molecular complexity index is 941. The average Bonchev–Trinajstić information content (AvgIpc) is 2.84. The summed E-state index contributed by atoms with van der Waals surface area (Å²) in [5, 5.41) is 8.98. The third kappa shape index (κ3) is 1.91. The van der Waals surface area contributed by atoms with Crippen LogP contribution in [0.2, 0.25) is 0 Å². The van der Waals surface area contributed by atoms with Crippen LogP contribution in [0.5, 0.6) is 0 Å². The standard InChI is InChI=1S/C16H16N4O/c1-4-11-14(9(2)3)19-16-18-12-7-10(8-17)5-6-13(12)20(16)15(11)21/h5-7,9H,4H2,1-3H3,(H,18,19). The first-order chi connectivity index (χ1) is 10.1. The molecule has 21 heavy (non-hydrogen) atoms. The van der Waals surface area contributed by atoms with Gasteiger partial charge in [0.15, 0.2) is 0 Å². The summed E-state index contributed by atoms with van der Waals surface area (Å²) in [6.07, 6.45) is 0.658. The van der Waals surface area contributed by atoms with Gasteiger partial charge >= 0.3 is 0 Å². The van der Waals surface area contributed by atoms with Crippen LogP contribution >= 0.6 is 0 Å². The molecule has 0 radical (unpaired) electrons. The number of benzene rings is 1. The van der Waals surface area contributed by atoms with Crippen LogP contribution in [-0.4, -0.2) is 14.4 Å². The Hall–Kier alpha value is -2.61. The summed E-state index contributed by atoms with van der Waals surface area (Å²) in [7, 11) is 0. The molecule has 0 saturated carbocycles. The van der Waals surface area contributed by atoms with Gasteiger partial charge < -0.3 is 4.98 Å². The minimum absolute atomic E-state index is 0.0258. The van der Waals surface area contributed by atoms with Gasteiger partial charge in [0, 0.05) is 5.56 Å². The third-order valence-electron chi connectivity index (χ3n) is 3.72. The Morgan fingerprint density at radius 3 is 2.81 bits per heavy atom. The van der Waals surface area contributed by atoms with Gasteiger partial charge in [0.25, 0.3) is 5.56 Å². The van der Waals surface area contributed by atoms with Crippen LogP contribution in [-0.2, 0) is 6.42 Å². The third-order valence-corrected chi connectivity index (χ3v) is 3.72. The number of fused-ring (bicyclic) bond motifs is 3. The van der Waals surface area contributed by atoms with Gasteiger partial charge in [-0.3, -0.25) is 4.79 Å². The monoisotopic (exact) mass is 280 g/mol. The Labute approximate surface area is 121 Å². The fraction of sp³-hybridized carbons (Fsp3) is 0.312. The van der Waals surface area contributed by atoms with E-state index < -0.39 is 0 Å². The molecule has 0 bridgehead atoms. The van der Waals surface area contributed by atoms with Crippen LogP contribution < -0.4 is 5.56 Å². The second-order valence-corrected chi connectivity index (χ2v) is 5.42. The number of nitrogens with one attached hydrogen (secondary N) is 1. The smallest absolute Gasteiger partial charge is 0.263 e. The highest BCUT2D eigenvalue weighted by Gasteiger charge is 2.16. The zero-order valence-corrected chi connectivity index (χ0v) is 12.3. The highest BCUT2D eigenvalue weighted by atomic mass is 16.1. The maximum atomic E-state index is 12.8. The zero-order chi connectivity index (χ0) is 15.1. The van der Waals surface area contributed by atoms with Crippen molar-refractivity contribution in [1.82, 2.24) is 14.4 Å². The molecular formula is C16H16N4O. The van der Waals surface area contributed by atoms with Crippen molar-refractivity contribution < 1.29 is 0 Å². The number of aromatic amines is 1. The first kappa shape index (κ1) is 13.4. The maximum Gasteiger partial charge on any atom is 0.263 e. The van der Waals surface area contributed by atoms with Crippen LogP contribution in [0.15, 0.2) is 23.0 Å². The van der Waals surface area contributed by atoms with Gasteiger partial charge in [-0.05, 0) is 30.5 Å². The van der Waals surface area contributed by atoms with Gasteiger partial charge in [-0.15, -0.1) is 0 Å². The number of rotatable bonds is 2. The molecule has 0 aliphatic carbocycles. The molecule has 5 nitrogen and oxygen atoms in total. The summed E-state index contributed by atoms with van der Waals surface area (Å²) >= 11 is 0. The van der Waals surface area contributed by atoms with Gasteiger partial charge in [0.2, 0.25) is 5.78 Å². The van der Waals surface area contributed by atoms with E-state index >= 15 is 0 Å². The second-order valence-electron chi connectivity index (χ2n) is 5.42. The summed E-state index contributed by atoms with van der Waals surface area (Å²) in [4.78, 5) is 20.5. The van der Waals surface area contributed by atoms with Crippen molar-refractivity contribution in [2.24, 2.45) is 0 Å². The summed E-state index contributed by atoms with van der Waals surface area (Å²) < 4.78 is 1.60. The fourth-order valence-electron chi connectivity index (χ4n) is 2.71. The van der Waals surface area contributed by atoms with Crippen LogP contribution in [0.3, 0.4) is 0 Å². The lowest BCUT2D eigenvalue weighted by molar-refractivity contribution is 0.783. The van der Waals surface area contributed by atoms with Crippen LogP contribution in [0, 0.1) is 11.3 Å². The molecule has 1 aromatic carbocycles. The van der Waals surface area contributed by atoms with E-state index in [4.69, 9.17) is 5.26 Å². The molecule has 0 unspecified atom stereocenters. The Balaban J connectivity index is 2.48. The summed E-state index contributed by atoms with van der Waals surface area (Å²) in [5.74, 6) is 0.727. The van der Waals surface area contributed by atoms with E-state index in [9.17, 15) is 4.79 Å². The van der Waals surface area contributed by atoms with Gasteiger partial charge in [0.1, 0.15) is 0 Å². The molecule has 2 aromatic heterocycles. The summed E-state index contributed by atoms with van der Waals surface area (Å²) in [5.41, 5.74) is 3.64. The fourth-order valence-corrected chi connectivity index (χ4v) is 2.71. The SMILES string of the molecule is CCc1c(C(C)C)nc2[nH]c3cc(C#N)ccc3n2c1=O. The first-order valence-corrected chi connectivity index (χ1v) is 7.04. The van der Waals surface area contributed by atoms with Gasteiger partial charge in [-0.25, -0.2) is 9.38 Å². The van der Waals surface area contributed by atoms with E-state index in [1.807, 2.05) is 20.8 Å². The number of nitrogens with zero attached hydrogens (tertiary/aromatic N) is 3.